The average Bonchev–Trinajstić information content (AvgIpc) is 2.13. The number of halogens is 1. The van der Waals surface area contributed by atoms with Crippen LogP contribution in [0, 0.1) is 0 Å². The molecule has 14 heavy (non-hydrogen) atoms. The number of hydrogen-bond donors (Lipinski definition) is 1. The van der Waals surface area contributed by atoms with Crippen molar-refractivity contribution in [2.75, 3.05) is 13.1 Å². The summed E-state index contributed by atoms with van der Waals surface area (Å²) in [4.78, 5) is 17.0. The molecule has 2 rings (SSSR count). The standard InChI is InChI=1S/C9H9ClN2O2/c10-8-3-11-2-1-7(8)9(14)12-4-6(13)5-12/h1-3,6,13H,4-5H2. The molecule has 0 unspecified atom stereocenters. The predicted molar refractivity (Wildman–Crippen MR) is 51.2 cm³/mol. The molecule has 1 amide bonds. The highest BCUT2D eigenvalue weighted by Gasteiger charge is 2.30. The fourth-order valence-electron chi connectivity index (χ4n) is 1.34. The smallest absolute Gasteiger partial charge is 0.255 e. The molecular weight excluding hydrogens is 204 g/mol. The molecule has 5 heteroatoms. The van der Waals surface area contributed by atoms with Crippen LogP contribution in [0.1, 0.15) is 10.4 Å². The third kappa shape index (κ3) is 1.58. The van der Waals surface area contributed by atoms with E-state index in [1.807, 2.05) is 0 Å². The second kappa shape index (κ2) is 3.55. The van der Waals surface area contributed by atoms with E-state index in [2.05, 4.69) is 4.98 Å². The maximum Gasteiger partial charge on any atom is 0.255 e. The van der Waals surface area contributed by atoms with Gasteiger partial charge in [-0.15, -0.1) is 0 Å². The van der Waals surface area contributed by atoms with E-state index in [0.29, 0.717) is 23.7 Å². The Kier molecular flexibility index (Phi) is 2.39. The van der Waals surface area contributed by atoms with Gasteiger partial charge in [0.1, 0.15) is 0 Å². The molecule has 0 bridgehead atoms. The number of aliphatic hydroxyl groups is 1. The lowest BCUT2D eigenvalue weighted by molar-refractivity contribution is 0.00590. The van der Waals surface area contributed by atoms with Crippen LogP contribution in [0.5, 0.6) is 0 Å². The Morgan fingerprint density at radius 1 is 1.64 bits per heavy atom. The summed E-state index contributed by atoms with van der Waals surface area (Å²) < 4.78 is 0. The molecule has 1 aromatic heterocycles. The number of nitrogens with zero attached hydrogens (tertiary/aromatic N) is 2. The minimum absolute atomic E-state index is 0.150. The topological polar surface area (TPSA) is 53.4 Å². The van der Waals surface area contributed by atoms with E-state index in [1.165, 1.54) is 12.4 Å². The lowest BCUT2D eigenvalue weighted by atomic mass is 10.1. The number of amides is 1. The Labute approximate surface area is 86.1 Å². The van der Waals surface area contributed by atoms with Crippen LogP contribution in [0.25, 0.3) is 0 Å². The van der Waals surface area contributed by atoms with E-state index in [4.69, 9.17) is 16.7 Å². The fraction of sp³-hybridized carbons (Fsp3) is 0.333. The normalized spacial score (nSPS) is 16.6. The molecule has 1 aliphatic rings. The van der Waals surface area contributed by atoms with Gasteiger partial charge in [-0.3, -0.25) is 9.78 Å². The number of likely N-dealkylation sites (tertiary alicyclic amines) is 1. The first-order valence-electron chi connectivity index (χ1n) is 4.25. The van der Waals surface area contributed by atoms with Gasteiger partial charge in [0.25, 0.3) is 5.91 Å². The molecular formula is C9H9ClN2O2. The first kappa shape index (κ1) is 9.43. The van der Waals surface area contributed by atoms with Crippen molar-refractivity contribution >= 4 is 17.5 Å². The first-order chi connectivity index (χ1) is 6.68. The molecule has 74 valence electrons. The SMILES string of the molecule is O=C(c1ccncc1Cl)N1CC(O)C1. The molecule has 0 spiro atoms. The number of carbonyl (C=O) groups excluding carboxylic acids is 1. The average molecular weight is 213 g/mol. The minimum atomic E-state index is -0.389. The van der Waals surface area contributed by atoms with Crippen LogP contribution < -0.4 is 0 Å². The highest BCUT2D eigenvalue weighted by molar-refractivity contribution is 6.33. The lowest BCUT2D eigenvalue weighted by Gasteiger charge is -2.35. The third-order valence-corrected chi connectivity index (χ3v) is 2.45. The highest BCUT2D eigenvalue weighted by atomic mass is 35.5. The number of carbonyl (C=O) groups is 1. The van der Waals surface area contributed by atoms with Crippen molar-refractivity contribution in [1.82, 2.24) is 9.88 Å². The second-order valence-corrected chi connectivity index (χ2v) is 3.63. The monoisotopic (exact) mass is 212 g/mol. The Balaban J connectivity index is 2.16. The zero-order valence-corrected chi connectivity index (χ0v) is 8.11. The van der Waals surface area contributed by atoms with Gasteiger partial charge in [0.15, 0.2) is 0 Å². The van der Waals surface area contributed by atoms with E-state index < -0.39 is 0 Å². The zero-order chi connectivity index (χ0) is 10.1. The van der Waals surface area contributed by atoms with Gasteiger partial charge < -0.3 is 10.0 Å². The van der Waals surface area contributed by atoms with Crippen LogP contribution in [-0.4, -0.2) is 40.1 Å². The van der Waals surface area contributed by atoms with E-state index >= 15 is 0 Å². The van der Waals surface area contributed by atoms with Crippen LogP contribution >= 0.6 is 11.6 Å². The van der Waals surface area contributed by atoms with E-state index in [0.717, 1.165) is 0 Å². The quantitative estimate of drug-likeness (QED) is 0.740. The number of aromatic nitrogens is 1. The maximum atomic E-state index is 11.7. The summed E-state index contributed by atoms with van der Waals surface area (Å²) >= 11 is 5.81. The fourth-order valence-corrected chi connectivity index (χ4v) is 1.54. The summed E-state index contributed by atoms with van der Waals surface area (Å²) in [5.41, 5.74) is 0.438. The van der Waals surface area contributed by atoms with Gasteiger partial charge in [-0.25, -0.2) is 0 Å². The summed E-state index contributed by atoms with van der Waals surface area (Å²) in [6, 6.07) is 1.58. The van der Waals surface area contributed by atoms with Crippen molar-refractivity contribution in [1.29, 1.82) is 0 Å². The van der Waals surface area contributed by atoms with Crippen LogP contribution in [0.4, 0.5) is 0 Å². The first-order valence-corrected chi connectivity index (χ1v) is 4.63. The van der Waals surface area contributed by atoms with Gasteiger partial charge in [0.05, 0.1) is 16.7 Å². The minimum Gasteiger partial charge on any atom is -0.389 e. The lowest BCUT2D eigenvalue weighted by Crippen LogP contribution is -2.53. The molecule has 0 saturated carbocycles. The summed E-state index contributed by atoms with van der Waals surface area (Å²) in [7, 11) is 0. The van der Waals surface area contributed by atoms with Crippen LogP contribution in [-0.2, 0) is 0 Å². The predicted octanol–water partition coefficient (Wildman–Crippen LogP) is 0.552. The van der Waals surface area contributed by atoms with Gasteiger partial charge in [-0.1, -0.05) is 11.6 Å². The molecule has 1 aromatic rings. The van der Waals surface area contributed by atoms with Gasteiger partial charge >= 0.3 is 0 Å². The van der Waals surface area contributed by atoms with Crippen molar-refractivity contribution < 1.29 is 9.90 Å². The molecule has 1 saturated heterocycles. The van der Waals surface area contributed by atoms with Gasteiger partial charge in [-0.2, -0.15) is 0 Å². The highest BCUT2D eigenvalue weighted by Crippen LogP contribution is 2.18. The van der Waals surface area contributed by atoms with Crippen molar-refractivity contribution in [3.63, 3.8) is 0 Å². The Bertz CT molecular complexity index is 364. The maximum absolute atomic E-state index is 11.7. The van der Waals surface area contributed by atoms with E-state index in [-0.39, 0.29) is 12.0 Å². The number of pyridine rings is 1. The van der Waals surface area contributed by atoms with Gasteiger partial charge in [0.2, 0.25) is 0 Å². The number of hydrogen-bond acceptors (Lipinski definition) is 3. The van der Waals surface area contributed by atoms with Crippen molar-refractivity contribution in [2.45, 2.75) is 6.10 Å². The molecule has 1 N–H and O–H groups in total. The van der Waals surface area contributed by atoms with E-state index in [1.54, 1.807) is 11.0 Å². The molecule has 1 fully saturated rings. The number of aliphatic hydroxyl groups excluding tert-OH is 1. The molecule has 4 nitrogen and oxygen atoms in total. The second-order valence-electron chi connectivity index (χ2n) is 3.22. The molecule has 0 radical (unpaired) electrons. The van der Waals surface area contributed by atoms with Crippen LogP contribution in [0.2, 0.25) is 5.02 Å². The molecule has 0 aromatic carbocycles. The number of β-amino-alcohol motifs (C(OH)–C–C–N with tert-alkyl or cyclic N) is 1. The largest absolute Gasteiger partial charge is 0.389 e. The molecule has 0 atom stereocenters. The third-order valence-electron chi connectivity index (χ3n) is 2.15. The molecule has 1 aliphatic heterocycles. The van der Waals surface area contributed by atoms with Crippen molar-refractivity contribution in [2.24, 2.45) is 0 Å². The Hall–Kier alpha value is -1.13. The van der Waals surface area contributed by atoms with Gasteiger partial charge in [0, 0.05) is 25.5 Å². The van der Waals surface area contributed by atoms with Gasteiger partial charge in [-0.05, 0) is 6.07 Å². The molecule has 0 aliphatic carbocycles. The van der Waals surface area contributed by atoms with Crippen molar-refractivity contribution in [3.05, 3.63) is 29.0 Å². The van der Waals surface area contributed by atoms with Crippen molar-refractivity contribution in [3.8, 4) is 0 Å². The summed E-state index contributed by atoms with van der Waals surface area (Å²) in [5.74, 6) is -0.150. The van der Waals surface area contributed by atoms with Crippen LogP contribution in [0.3, 0.4) is 0 Å². The zero-order valence-electron chi connectivity index (χ0n) is 7.35. The van der Waals surface area contributed by atoms with Crippen LogP contribution in [0.15, 0.2) is 18.5 Å². The summed E-state index contributed by atoms with van der Waals surface area (Å²) in [6.07, 6.45) is 2.57. The summed E-state index contributed by atoms with van der Waals surface area (Å²) in [5, 5.41) is 9.39. The summed E-state index contributed by atoms with van der Waals surface area (Å²) in [6.45, 7) is 0.773. The Morgan fingerprint density at radius 2 is 2.36 bits per heavy atom. The van der Waals surface area contributed by atoms with E-state index in [9.17, 15) is 4.79 Å². The Morgan fingerprint density at radius 3 is 2.93 bits per heavy atom. The molecule has 2 heterocycles. The number of rotatable bonds is 1.